The minimum atomic E-state index is -0.341. The zero-order valence-corrected chi connectivity index (χ0v) is 11.7. The SMILES string of the molecule is C=C(Cl)COc1ccc2c(CC)cc(=O)oc2c1C. The van der Waals surface area contributed by atoms with Crippen LogP contribution >= 0.6 is 11.6 Å². The first kappa shape index (κ1) is 13.7. The van der Waals surface area contributed by atoms with E-state index in [2.05, 4.69) is 6.58 Å². The first-order chi connectivity index (χ1) is 9.02. The van der Waals surface area contributed by atoms with Crippen LogP contribution in [-0.4, -0.2) is 6.61 Å². The number of ether oxygens (including phenoxy) is 1. The highest BCUT2D eigenvalue weighted by Crippen LogP contribution is 2.28. The third-order valence-electron chi connectivity index (χ3n) is 2.96. The van der Waals surface area contributed by atoms with Gasteiger partial charge in [-0.3, -0.25) is 0 Å². The van der Waals surface area contributed by atoms with Crippen LogP contribution in [0.2, 0.25) is 0 Å². The summed E-state index contributed by atoms with van der Waals surface area (Å²) in [6, 6.07) is 5.29. The van der Waals surface area contributed by atoms with E-state index in [1.54, 1.807) is 0 Å². The molecule has 1 aromatic heterocycles. The van der Waals surface area contributed by atoms with Crippen molar-refractivity contribution in [1.82, 2.24) is 0 Å². The number of aryl methyl sites for hydroxylation is 2. The molecule has 0 saturated heterocycles. The van der Waals surface area contributed by atoms with Crippen LogP contribution < -0.4 is 10.4 Å². The van der Waals surface area contributed by atoms with E-state index in [9.17, 15) is 4.79 Å². The van der Waals surface area contributed by atoms with Crippen molar-refractivity contribution >= 4 is 22.6 Å². The number of fused-ring (bicyclic) bond motifs is 1. The Labute approximate surface area is 116 Å². The zero-order chi connectivity index (χ0) is 14.0. The van der Waals surface area contributed by atoms with Crippen LogP contribution in [0.5, 0.6) is 5.75 Å². The molecule has 0 bridgehead atoms. The molecule has 0 radical (unpaired) electrons. The fourth-order valence-corrected chi connectivity index (χ4v) is 2.07. The van der Waals surface area contributed by atoms with Gasteiger partial charge in [0.05, 0.1) is 0 Å². The van der Waals surface area contributed by atoms with Gasteiger partial charge in [-0.25, -0.2) is 4.79 Å². The third-order valence-corrected chi connectivity index (χ3v) is 3.07. The van der Waals surface area contributed by atoms with Crippen molar-refractivity contribution in [3.8, 4) is 5.75 Å². The Kier molecular flexibility index (Phi) is 3.96. The van der Waals surface area contributed by atoms with Crippen molar-refractivity contribution in [2.24, 2.45) is 0 Å². The van der Waals surface area contributed by atoms with Crippen molar-refractivity contribution in [3.05, 3.63) is 51.4 Å². The van der Waals surface area contributed by atoms with Crippen molar-refractivity contribution in [2.45, 2.75) is 20.3 Å². The van der Waals surface area contributed by atoms with Crippen LogP contribution in [0.1, 0.15) is 18.1 Å². The van der Waals surface area contributed by atoms with Gasteiger partial charge in [0, 0.05) is 22.0 Å². The fraction of sp³-hybridized carbons (Fsp3) is 0.267. The second-order valence-electron chi connectivity index (χ2n) is 4.32. The molecule has 0 spiro atoms. The van der Waals surface area contributed by atoms with Crippen molar-refractivity contribution in [2.75, 3.05) is 6.61 Å². The molecule has 19 heavy (non-hydrogen) atoms. The minimum Gasteiger partial charge on any atom is -0.488 e. The van der Waals surface area contributed by atoms with Crippen LogP contribution in [0.25, 0.3) is 11.0 Å². The van der Waals surface area contributed by atoms with Crippen molar-refractivity contribution < 1.29 is 9.15 Å². The van der Waals surface area contributed by atoms with Gasteiger partial charge in [-0.15, -0.1) is 0 Å². The standard InChI is InChI=1S/C15H15ClO3/c1-4-11-7-14(17)19-15-10(3)13(6-5-12(11)15)18-8-9(2)16/h5-7H,2,4,8H2,1,3H3. The van der Waals surface area contributed by atoms with Crippen molar-refractivity contribution in [3.63, 3.8) is 0 Å². The summed E-state index contributed by atoms with van der Waals surface area (Å²) >= 11 is 5.68. The van der Waals surface area contributed by atoms with E-state index < -0.39 is 0 Å². The first-order valence-corrected chi connectivity index (χ1v) is 6.43. The van der Waals surface area contributed by atoms with Gasteiger partial charge < -0.3 is 9.15 Å². The highest BCUT2D eigenvalue weighted by molar-refractivity contribution is 6.29. The summed E-state index contributed by atoms with van der Waals surface area (Å²) in [4.78, 5) is 11.6. The lowest BCUT2D eigenvalue weighted by atomic mass is 10.0. The topological polar surface area (TPSA) is 39.4 Å². The number of halogens is 1. The molecule has 1 aromatic carbocycles. The Bertz CT molecular complexity index is 686. The monoisotopic (exact) mass is 278 g/mol. The first-order valence-electron chi connectivity index (χ1n) is 6.05. The predicted molar refractivity (Wildman–Crippen MR) is 77.1 cm³/mol. The quantitative estimate of drug-likeness (QED) is 0.799. The average Bonchev–Trinajstić information content (AvgIpc) is 2.37. The van der Waals surface area contributed by atoms with E-state index in [0.29, 0.717) is 16.4 Å². The van der Waals surface area contributed by atoms with Gasteiger partial charge in [-0.1, -0.05) is 25.1 Å². The van der Waals surface area contributed by atoms with E-state index >= 15 is 0 Å². The molecule has 0 atom stereocenters. The number of rotatable bonds is 4. The molecular formula is C15H15ClO3. The van der Waals surface area contributed by atoms with Gasteiger partial charge in [-0.05, 0) is 31.0 Å². The van der Waals surface area contributed by atoms with Gasteiger partial charge in [0.2, 0.25) is 0 Å². The number of hydrogen-bond acceptors (Lipinski definition) is 3. The largest absolute Gasteiger partial charge is 0.488 e. The summed E-state index contributed by atoms with van der Waals surface area (Å²) in [5.41, 5.74) is 2.00. The maximum atomic E-state index is 11.6. The van der Waals surface area contributed by atoms with Gasteiger partial charge >= 0.3 is 5.63 Å². The van der Waals surface area contributed by atoms with Gasteiger partial charge in [-0.2, -0.15) is 0 Å². The van der Waals surface area contributed by atoms with Crippen molar-refractivity contribution in [1.29, 1.82) is 0 Å². The Balaban J connectivity index is 2.58. The Morgan fingerprint density at radius 2 is 2.21 bits per heavy atom. The summed E-state index contributed by atoms with van der Waals surface area (Å²) < 4.78 is 10.8. The predicted octanol–water partition coefficient (Wildman–Crippen LogP) is 3.80. The molecule has 2 rings (SSSR count). The maximum Gasteiger partial charge on any atom is 0.336 e. The second kappa shape index (κ2) is 5.49. The van der Waals surface area contributed by atoms with E-state index in [0.717, 1.165) is 22.9 Å². The second-order valence-corrected chi connectivity index (χ2v) is 4.85. The lowest BCUT2D eigenvalue weighted by molar-refractivity contribution is 0.356. The molecular weight excluding hydrogens is 264 g/mol. The zero-order valence-electron chi connectivity index (χ0n) is 11.0. The summed E-state index contributed by atoms with van der Waals surface area (Å²) in [5.74, 6) is 0.644. The van der Waals surface area contributed by atoms with Gasteiger partial charge in [0.25, 0.3) is 0 Å². The summed E-state index contributed by atoms with van der Waals surface area (Å²) in [6.07, 6.45) is 0.778. The molecule has 1 heterocycles. The van der Waals surface area contributed by atoms with E-state index in [-0.39, 0.29) is 12.2 Å². The molecule has 0 fully saturated rings. The highest BCUT2D eigenvalue weighted by atomic mass is 35.5. The fourth-order valence-electron chi connectivity index (χ4n) is 2.01. The lowest BCUT2D eigenvalue weighted by Crippen LogP contribution is -2.03. The lowest BCUT2D eigenvalue weighted by Gasteiger charge is -2.11. The molecule has 0 amide bonds. The highest BCUT2D eigenvalue weighted by Gasteiger charge is 2.11. The normalized spacial score (nSPS) is 10.7. The molecule has 3 nitrogen and oxygen atoms in total. The molecule has 0 aliphatic carbocycles. The molecule has 4 heteroatoms. The molecule has 0 N–H and O–H groups in total. The number of hydrogen-bond donors (Lipinski definition) is 0. The molecule has 0 aliphatic rings. The molecule has 0 saturated carbocycles. The maximum absolute atomic E-state index is 11.6. The Hall–Kier alpha value is -1.74. The Morgan fingerprint density at radius 1 is 1.47 bits per heavy atom. The average molecular weight is 279 g/mol. The molecule has 0 aliphatic heterocycles. The van der Waals surface area contributed by atoms with E-state index in [1.807, 2.05) is 26.0 Å². The molecule has 2 aromatic rings. The third kappa shape index (κ3) is 2.82. The minimum absolute atomic E-state index is 0.228. The van der Waals surface area contributed by atoms with Gasteiger partial charge in [0.15, 0.2) is 0 Å². The van der Waals surface area contributed by atoms with E-state index in [4.69, 9.17) is 20.8 Å². The van der Waals surface area contributed by atoms with Crippen LogP contribution in [-0.2, 0) is 6.42 Å². The van der Waals surface area contributed by atoms with Crippen LogP contribution in [0, 0.1) is 6.92 Å². The summed E-state index contributed by atoms with van der Waals surface area (Å²) in [6.45, 7) is 7.66. The molecule has 100 valence electrons. The summed E-state index contributed by atoms with van der Waals surface area (Å²) in [7, 11) is 0. The Morgan fingerprint density at radius 3 is 2.84 bits per heavy atom. The van der Waals surface area contributed by atoms with Gasteiger partial charge in [0.1, 0.15) is 17.9 Å². The van der Waals surface area contributed by atoms with E-state index in [1.165, 1.54) is 6.07 Å². The molecule has 0 unspecified atom stereocenters. The smallest absolute Gasteiger partial charge is 0.336 e. The van der Waals surface area contributed by atoms with Crippen LogP contribution in [0.3, 0.4) is 0 Å². The summed E-state index contributed by atoms with van der Waals surface area (Å²) in [5, 5.41) is 1.36. The van der Waals surface area contributed by atoms with Crippen LogP contribution in [0.4, 0.5) is 0 Å². The number of benzene rings is 1. The van der Waals surface area contributed by atoms with Crippen LogP contribution in [0.15, 0.2) is 39.0 Å².